The number of carbonyl (C=O) groups is 1. The van der Waals surface area contributed by atoms with Crippen LogP contribution in [0.25, 0.3) is 16.3 Å². The summed E-state index contributed by atoms with van der Waals surface area (Å²) in [7, 11) is 0. The van der Waals surface area contributed by atoms with Crippen LogP contribution < -0.4 is 5.32 Å². The quantitative estimate of drug-likeness (QED) is 0.767. The van der Waals surface area contributed by atoms with E-state index in [1.54, 1.807) is 4.52 Å². The van der Waals surface area contributed by atoms with Crippen LogP contribution in [0.4, 0.5) is 5.13 Å². The van der Waals surface area contributed by atoms with E-state index in [9.17, 15) is 4.79 Å². The van der Waals surface area contributed by atoms with Crippen LogP contribution in [0.1, 0.15) is 38.5 Å². The van der Waals surface area contributed by atoms with Crippen LogP contribution in [0.3, 0.4) is 0 Å². The summed E-state index contributed by atoms with van der Waals surface area (Å²) >= 11 is 1.35. The number of aromatic nitrogens is 4. The third-order valence-corrected chi connectivity index (χ3v) is 5.34. The van der Waals surface area contributed by atoms with Crippen molar-refractivity contribution in [2.24, 2.45) is 5.92 Å². The van der Waals surface area contributed by atoms with E-state index in [1.807, 2.05) is 30.3 Å². The van der Waals surface area contributed by atoms with Crippen molar-refractivity contribution in [2.75, 3.05) is 5.32 Å². The molecule has 0 atom stereocenters. The lowest BCUT2D eigenvalue weighted by Crippen LogP contribution is -2.12. The number of hydrogen-bond donors (Lipinski definition) is 1. The Morgan fingerprint density at radius 2 is 2.00 bits per heavy atom. The standard InChI is InChI=1S/C17H19N5OS/c23-14(11-10-12-6-4-5-7-12)18-16-21-22-15(19-20-17(22)24-16)13-8-2-1-3-9-13/h1-3,8-9,12H,4-7,10-11H2,(H,18,21,23). The number of anilines is 1. The Balaban J connectivity index is 1.45. The number of benzene rings is 1. The number of nitrogens with one attached hydrogen (secondary N) is 1. The topological polar surface area (TPSA) is 72.2 Å². The lowest BCUT2D eigenvalue weighted by Gasteiger charge is -2.07. The summed E-state index contributed by atoms with van der Waals surface area (Å²) in [4.78, 5) is 12.8. The van der Waals surface area contributed by atoms with Crippen LogP contribution in [0.5, 0.6) is 0 Å². The van der Waals surface area contributed by atoms with Gasteiger partial charge in [0.25, 0.3) is 0 Å². The Kier molecular flexibility index (Phi) is 4.25. The molecule has 1 aliphatic rings. The molecule has 24 heavy (non-hydrogen) atoms. The minimum Gasteiger partial charge on any atom is -0.301 e. The molecule has 0 spiro atoms. The van der Waals surface area contributed by atoms with Crippen molar-refractivity contribution >= 4 is 27.3 Å². The van der Waals surface area contributed by atoms with Gasteiger partial charge >= 0.3 is 0 Å². The SMILES string of the molecule is O=C(CCC1CCCC1)Nc1nn2c(-c3ccccc3)nnc2s1. The van der Waals surface area contributed by atoms with Crippen molar-refractivity contribution in [2.45, 2.75) is 38.5 Å². The molecule has 1 saturated carbocycles. The zero-order valence-corrected chi connectivity index (χ0v) is 14.1. The highest BCUT2D eigenvalue weighted by Crippen LogP contribution is 2.29. The molecule has 1 N–H and O–H groups in total. The molecule has 1 aromatic carbocycles. The third kappa shape index (κ3) is 3.17. The molecule has 0 saturated heterocycles. The molecule has 6 nitrogen and oxygen atoms in total. The second kappa shape index (κ2) is 6.68. The van der Waals surface area contributed by atoms with E-state index in [0.29, 0.717) is 22.3 Å². The number of hydrogen-bond acceptors (Lipinski definition) is 5. The number of carbonyl (C=O) groups excluding carboxylic acids is 1. The summed E-state index contributed by atoms with van der Waals surface area (Å²) in [5.41, 5.74) is 0.953. The van der Waals surface area contributed by atoms with Crippen LogP contribution in [0.2, 0.25) is 0 Å². The Labute approximate surface area is 143 Å². The molecule has 2 aromatic heterocycles. The zero-order valence-electron chi connectivity index (χ0n) is 13.3. The van der Waals surface area contributed by atoms with E-state index < -0.39 is 0 Å². The van der Waals surface area contributed by atoms with Crippen LogP contribution in [0.15, 0.2) is 30.3 Å². The Hall–Kier alpha value is -2.28. The Bertz CT molecular complexity index is 835. The van der Waals surface area contributed by atoms with Crippen LogP contribution in [-0.4, -0.2) is 25.7 Å². The van der Waals surface area contributed by atoms with Crippen molar-refractivity contribution in [3.05, 3.63) is 30.3 Å². The Morgan fingerprint density at radius 3 is 2.79 bits per heavy atom. The molecule has 0 bridgehead atoms. The number of rotatable bonds is 5. The molecule has 0 unspecified atom stereocenters. The first-order chi connectivity index (χ1) is 11.8. The third-order valence-electron chi connectivity index (χ3n) is 4.52. The van der Waals surface area contributed by atoms with Crippen molar-refractivity contribution in [3.8, 4) is 11.4 Å². The highest BCUT2D eigenvalue weighted by Gasteiger charge is 2.18. The first-order valence-corrected chi connectivity index (χ1v) is 9.19. The van der Waals surface area contributed by atoms with Gasteiger partial charge in [-0.1, -0.05) is 67.4 Å². The van der Waals surface area contributed by atoms with Crippen molar-refractivity contribution in [1.82, 2.24) is 19.8 Å². The molecule has 7 heteroatoms. The second-order valence-electron chi connectivity index (χ2n) is 6.23. The minimum absolute atomic E-state index is 0.0353. The molecule has 1 aliphatic carbocycles. The first kappa shape index (κ1) is 15.3. The molecule has 4 rings (SSSR count). The lowest BCUT2D eigenvalue weighted by molar-refractivity contribution is -0.116. The van der Waals surface area contributed by atoms with Gasteiger partial charge in [-0.15, -0.1) is 15.3 Å². The van der Waals surface area contributed by atoms with Gasteiger partial charge in [-0.05, 0) is 12.3 Å². The first-order valence-electron chi connectivity index (χ1n) is 8.37. The van der Waals surface area contributed by atoms with Gasteiger partial charge in [-0.25, -0.2) is 0 Å². The smallest absolute Gasteiger partial charge is 0.236 e. The molecular weight excluding hydrogens is 322 g/mol. The van der Waals surface area contributed by atoms with E-state index in [2.05, 4.69) is 20.6 Å². The monoisotopic (exact) mass is 341 g/mol. The maximum atomic E-state index is 12.1. The zero-order chi connectivity index (χ0) is 16.4. The summed E-state index contributed by atoms with van der Waals surface area (Å²) in [5, 5.41) is 16.3. The molecule has 1 fully saturated rings. The van der Waals surface area contributed by atoms with Crippen molar-refractivity contribution in [1.29, 1.82) is 0 Å². The molecule has 124 valence electrons. The van der Waals surface area contributed by atoms with Gasteiger partial charge in [0.1, 0.15) is 0 Å². The number of fused-ring (bicyclic) bond motifs is 1. The summed E-state index contributed by atoms with van der Waals surface area (Å²) < 4.78 is 1.69. The predicted octanol–water partition coefficient (Wildman–Crippen LogP) is 3.76. The molecule has 1 amide bonds. The summed E-state index contributed by atoms with van der Waals surface area (Å²) in [6.45, 7) is 0. The van der Waals surface area contributed by atoms with Crippen LogP contribution >= 0.6 is 11.3 Å². The van der Waals surface area contributed by atoms with Gasteiger partial charge < -0.3 is 5.32 Å². The maximum Gasteiger partial charge on any atom is 0.236 e. The maximum absolute atomic E-state index is 12.1. The number of nitrogens with zero attached hydrogens (tertiary/aromatic N) is 4. The predicted molar refractivity (Wildman–Crippen MR) is 93.9 cm³/mol. The second-order valence-corrected chi connectivity index (χ2v) is 7.18. The van der Waals surface area contributed by atoms with Crippen molar-refractivity contribution in [3.63, 3.8) is 0 Å². The van der Waals surface area contributed by atoms with Crippen molar-refractivity contribution < 1.29 is 4.79 Å². The molecular formula is C17H19N5OS. The molecule has 3 aromatic rings. The molecule has 2 heterocycles. The Morgan fingerprint density at radius 1 is 1.21 bits per heavy atom. The fourth-order valence-corrected chi connectivity index (χ4v) is 4.01. The molecule has 0 radical (unpaired) electrons. The summed E-state index contributed by atoms with van der Waals surface area (Å²) in [6.07, 6.45) is 6.70. The lowest BCUT2D eigenvalue weighted by atomic mass is 10.0. The van der Waals surface area contributed by atoms with E-state index in [1.165, 1.54) is 37.0 Å². The minimum atomic E-state index is 0.0353. The van der Waals surface area contributed by atoms with Gasteiger partial charge in [0.15, 0.2) is 5.82 Å². The highest BCUT2D eigenvalue weighted by atomic mass is 32.1. The van der Waals surface area contributed by atoms with Crippen LogP contribution in [-0.2, 0) is 4.79 Å². The number of amides is 1. The van der Waals surface area contributed by atoms with Gasteiger partial charge in [-0.2, -0.15) is 4.52 Å². The fourth-order valence-electron chi connectivity index (χ4n) is 3.25. The summed E-state index contributed by atoms with van der Waals surface area (Å²) in [6, 6.07) is 9.80. The highest BCUT2D eigenvalue weighted by molar-refractivity contribution is 7.20. The van der Waals surface area contributed by atoms with Gasteiger partial charge in [0, 0.05) is 12.0 Å². The van der Waals surface area contributed by atoms with E-state index >= 15 is 0 Å². The van der Waals surface area contributed by atoms with Crippen LogP contribution in [0, 0.1) is 5.92 Å². The van der Waals surface area contributed by atoms with Gasteiger partial charge in [0.2, 0.25) is 16.0 Å². The molecule has 0 aliphatic heterocycles. The van der Waals surface area contributed by atoms with Gasteiger partial charge in [-0.3, -0.25) is 4.79 Å². The summed E-state index contributed by atoms with van der Waals surface area (Å²) in [5.74, 6) is 1.44. The largest absolute Gasteiger partial charge is 0.301 e. The average molecular weight is 341 g/mol. The van der Waals surface area contributed by atoms with E-state index in [4.69, 9.17) is 0 Å². The van der Waals surface area contributed by atoms with Gasteiger partial charge in [0.05, 0.1) is 0 Å². The van der Waals surface area contributed by atoms with E-state index in [-0.39, 0.29) is 5.91 Å². The van der Waals surface area contributed by atoms with E-state index in [0.717, 1.165) is 17.9 Å². The fraction of sp³-hybridized carbons (Fsp3) is 0.412. The normalized spacial score (nSPS) is 15.2. The average Bonchev–Trinajstić information content (AvgIpc) is 3.30.